The molecule has 2 amide bonds. The maximum absolute atomic E-state index is 13.7. The van der Waals surface area contributed by atoms with E-state index in [2.05, 4.69) is 0 Å². The van der Waals surface area contributed by atoms with Gasteiger partial charge in [0.15, 0.2) is 0 Å². The maximum Gasteiger partial charge on any atom is 0.255 e. The van der Waals surface area contributed by atoms with Crippen LogP contribution in [0.15, 0.2) is 65.3 Å². The standard InChI is InChI=1S/C27H32N2O4/c1-3-20(2)29(27(31)25-14-6-10-21-9-4-5-13-24(21)25)19-26(30)28(17-22-11-7-15-32-22)18-23-12-8-16-33-23/h4-7,9-11,13-15,20,23H,3,8,12,16-19H2,1-2H3. The summed E-state index contributed by atoms with van der Waals surface area (Å²) in [5.41, 5.74) is 0.623. The fourth-order valence-electron chi connectivity index (χ4n) is 4.34. The summed E-state index contributed by atoms with van der Waals surface area (Å²) >= 11 is 0. The highest BCUT2D eigenvalue weighted by Gasteiger charge is 2.29. The lowest BCUT2D eigenvalue weighted by Crippen LogP contribution is -2.47. The van der Waals surface area contributed by atoms with Crippen LogP contribution in [0, 0.1) is 0 Å². The quantitative estimate of drug-likeness (QED) is 0.468. The summed E-state index contributed by atoms with van der Waals surface area (Å²) in [5, 5.41) is 1.91. The number of ether oxygens (including phenoxy) is 1. The average Bonchev–Trinajstić information content (AvgIpc) is 3.55. The van der Waals surface area contributed by atoms with Crippen molar-refractivity contribution < 1.29 is 18.7 Å². The lowest BCUT2D eigenvalue weighted by molar-refractivity contribution is -0.134. The van der Waals surface area contributed by atoms with Crippen molar-refractivity contribution in [2.45, 2.75) is 51.8 Å². The third kappa shape index (κ3) is 5.45. The molecular formula is C27H32N2O4. The first-order chi connectivity index (χ1) is 16.1. The van der Waals surface area contributed by atoms with E-state index in [0.29, 0.717) is 18.7 Å². The summed E-state index contributed by atoms with van der Waals surface area (Å²) in [6, 6.07) is 17.2. The highest BCUT2D eigenvalue weighted by atomic mass is 16.5. The molecule has 2 unspecified atom stereocenters. The van der Waals surface area contributed by atoms with Crippen LogP contribution in [0.1, 0.15) is 49.2 Å². The van der Waals surface area contributed by atoms with E-state index >= 15 is 0 Å². The van der Waals surface area contributed by atoms with Crippen LogP contribution in [0.25, 0.3) is 10.8 Å². The largest absolute Gasteiger partial charge is 0.467 e. The second-order valence-corrected chi connectivity index (χ2v) is 8.71. The highest BCUT2D eigenvalue weighted by Crippen LogP contribution is 2.22. The van der Waals surface area contributed by atoms with Crippen LogP contribution in [0.4, 0.5) is 0 Å². The first-order valence-electron chi connectivity index (χ1n) is 11.8. The lowest BCUT2D eigenvalue weighted by Gasteiger charge is -2.32. The Hall–Kier alpha value is -3.12. The van der Waals surface area contributed by atoms with Gasteiger partial charge < -0.3 is 19.0 Å². The minimum atomic E-state index is -0.121. The Kier molecular flexibility index (Phi) is 7.45. The van der Waals surface area contributed by atoms with Crippen LogP contribution >= 0.6 is 0 Å². The van der Waals surface area contributed by atoms with Crippen LogP contribution < -0.4 is 0 Å². The maximum atomic E-state index is 13.7. The second kappa shape index (κ2) is 10.7. The van der Waals surface area contributed by atoms with Gasteiger partial charge in [0, 0.05) is 24.8 Å². The minimum absolute atomic E-state index is 0.0183. The Bertz CT molecular complexity index is 1070. The van der Waals surface area contributed by atoms with E-state index in [1.165, 1.54) is 0 Å². The van der Waals surface area contributed by atoms with Crippen molar-refractivity contribution in [2.24, 2.45) is 0 Å². The smallest absolute Gasteiger partial charge is 0.255 e. The van der Waals surface area contributed by atoms with E-state index in [9.17, 15) is 9.59 Å². The van der Waals surface area contributed by atoms with E-state index in [1.807, 2.05) is 68.4 Å². The van der Waals surface area contributed by atoms with Gasteiger partial charge >= 0.3 is 0 Å². The van der Waals surface area contributed by atoms with Gasteiger partial charge in [0.05, 0.1) is 18.9 Å². The molecule has 2 aromatic carbocycles. The van der Waals surface area contributed by atoms with E-state index in [4.69, 9.17) is 9.15 Å². The molecular weight excluding hydrogens is 416 g/mol. The minimum Gasteiger partial charge on any atom is -0.467 e. The van der Waals surface area contributed by atoms with Crippen molar-refractivity contribution >= 4 is 22.6 Å². The molecule has 1 aliphatic rings. The number of carbonyl (C=O) groups is 2. The van der Waals surface area contributed by atoms with Crippen molar-refractivity contribution in [3.05, 3.63) is 72.2 Å². The average molecular weight is 449 g/mol. The monoisotopic (exact) mass is 448 g/mol. The molecule has 1 aliphatic heterocycles. The molecule has 6 heteroatoms. The zero-order chi connectivity index (χ0) is 23.2. The lowest BCUT2D eigenvalue weighted by atomic mass is 10.0. The Balaban J connectivity index is 1.57. The first kappa shape index (κ1) is 23.1. The molecule has 4 rings (SSSR count). The van der Waals surface area contributed by atoms with Crippen LogP contribution in [0.3, 0.4) is 0 Å². The number of hydrogen-bond donors (Lipinski definition) is 0. The van der Waals surface area contributed by atoms with E-state index in [-0.39, 0.29) is 30.5 Å². The summed E-state index contributed by atoms with van der Waals surface area (Å²) in [4.78, 5) is 30.7. The molecule has 2 atom stereocenters. The summed E-state index contributed by atoms with van der Waals surface area (Å²) in [6.07, 6.45) is 4.33. The van der Waals surface area contributed by atoms with Crippen molar-refractivity contribution in [3.63, 3.8) is 0 Å². The highest BCUT2D eigenvalue weighted by molar-refractivity contribution is 6.07. The molecule has 0 spiro atoms. The molecule has 0 N–H and O–H groups in total. The predicted octanol–water partition coefficient (Wildman–Crippen LogP) is 4.88. The van der Waals surface area contributed by atoms with Crippen LogP contribution in [0.2, 0.25) is 0 Å². The fraction of sp³-hybridized carbons (Fsp3) is 0.407. The number of amides is 2. The fourth-order valence-corrected chi connectivity index (χ4v) is 4.34. The Labute approximate surface area is 195 Å². The van der Waals surface area contributed by atoms with E-state index in [1.54, 1.807) is 16.1 Å². The third-order valence-corrected chi connectivity index (χ3v) is 6.44. The molecule has 0 bridgehead atoms. The van der Waals surface area contributed by atoms with Crippen molar-refractivity contribution in [1.29, 1.82) is 0 Å². The van der Waals surface area contributed by atoms with Gasteiger partial charge in [-0.1, -0.05) is 43.3 Å². The van der Waals surface area contributed by atoms with Gasteiger partial charge in [-0.3, -0.25) is 9.59 Å². The molecule has 1 aromatic heterocycles. The van der Waals surface area contributed by atoms with Gasteiger partial charge in [0.1, 0.15) is 12.3 Å². The number of fused-ring (bicyclic) bond motifs is 1. The van der Waals surface area contributed by atoms with Crippen LogP contribution in [-0.2, 0) is 16.1 Å². The molecule has 2 heterocycles. The predicted molar refractivity (Wildman–Crippen MR) is 128 cm³/mol. The van der Waals surface area contributed by atoms with Crippen molar-refractivity contribution in [2.75, 3.05) is 19.7 Å². The van der Waals surface area contributed by atoms with Gasteiger partial charge in [-0.05, 0) is 55.2 Å². The molecule has 1 fully saturated rings. The normalized spacial score (nSPS) is 16.6. The van der Waals surface area contributed by atoms with Gasteiger partial charge in [-0.2, -0.15) is 0 Å². The van der Waals surface area contributed by atoms with Crippen molar-refractivity contribution in [3.8, 4) is 0 Å². The number of carbonyl (C=O) groups excluding carboxylic acids is 2. The Morgan fingerprint density at radius 2 is 1.91 bits per heavy atom. The molecule has 0 aliphatic carbocycles. The third-order valence-electron chi connectivity index (χ3n) is 6.44. The zero-order valence-corrected chi connectivity index (χ0v) is 19.4. The Morgan fingerprint density at radius 3 is 2.64 bits per heavy atom. The molecule has 174 valence electrons. The van der Waals surface area contributed by atoms with Gasteiger partial charge in [-0.25, -0.2) is 0 Å². The second-order valence-electron chi connectivity index (χ2n) is 8.71. The summed E-state index contributed by atoms with van der Waals surface area (Å²) in [7, 11) is 0. The van der Waals surface area contributed by atoms with Crippen LogP contribution in [-0.4, -0.2) is 53.5 Å². The molecule has 6 nitrogen and oxygen atoms in total. The van der Waals surface area contributed by atoms with Crippen molar-refractivity contribution in [1.82, 2.24) is 9.80 Å². The molecule has 1 saturated heterocycles. The summed E-state index contributed by atoms with van der Waals surface area (Å²) in [6.45, 7) is 5.63. The summed E-state index contributed by atoms with van der Waals surface area (Å²) < 4.78 is 11.3. The Morgan fingerprint density at radius 1 is 1.09 bits per heavy atom. The summed E-state index contributed by atoms with van der Waals surface area (Å²) in [5.74, 6) is 0.497. The SMILES string of the molecule is CCC(C)N(CC(=O)N(Cc1ccco1)CC1CCCO1)C(=O)c1cccc2ccccc12. The van der Waals surface area contributed by atoms with Gasteiger partial charge in [0.25, 0.3) is 5.91 Å². The van der Waals surface area contributed by atoms with E-state index < -0.39 is 0 Å². The molecule has 3 aromatic rings. The number of nitrogens with zero attached hydrogens (tertiary/aromatic N) is 2. The molecule has 0 saturated carbocycles. The van der Waals surface area contributed by atoms with Crippen LogP contribution in [0.5, 0.6) is 0 Å². The topological polar surface area (TPSA) is 63.0 Å². The van der Waals surface area contributed by atoms with Gasteiger partial charge in [0.2, 0.25) is 5.91 Å². The number of rotatable bonds is 9. The number of furan rings is 1. The van der Waals surface area contributed by atoms with Gasteiger partial charge in [-0.15, -0.1) is 0 Å². The zero-order valence-electron chi connectivity index (χ0n) is 19.4. The number of hydrogen-bond acceptors (Lipinski definition) is 4. The molecule has 33 heavy (non-hydrogen) atoms. The number of benzene rings is 2. The first-order valence-corrected chi connectivity index (χ1v) is 11.8. The van der Waals surface area contributed by atoms with E-state index in [0.717, 1.165) is 42.4 Å². The molecule has 0 radical (unpaired) electrons.